The number of hydrazone groups is 1. The second-order valence-electron chi connectivity index (χ2n) is 7.11. The zero-order valence-corrected chi connectivity index (χ0v) is 13.6. The van der Waals surface area contributed by atoms with E-state index >= 15 is 0 Å². The van der Waals surface area contributed by atoms with Gasteiger partial charge in [-0.15, -0.1) is 0 Å². The fourth-order valence-corrected chi connectivity index (χ4v) is 1.68. The van der Waals surface area contributed by atoms with E-state index in [-0.39, 0.29) is 36.0 Å². The Hall–Kier alpha value is -1.79. The Morgan fingerprint density at radius 3 is 1.95 bits per heavy atom. The van der Waals surface area contributed by atoms with Crippen LogP contribution in [0.15, 0.2) is 5.10 Å². The molecule has 0 saturated carbocycles. The largest absolute Gasteiger partial charge is 0.350 e. The first-order valence-corrected chi connectivity index (χ1v) is 6.91. The Balaban J connectivity index is 2.35. The Morgan fingerprint density at radius 1 is 1.00 bits per heavy atom. The van der Waals surface area contributed by atoms with Gasteiger partial charge in [-0.05, 0) is 41.5 Å². The second kappa shape index (κ2) is 6.32. The van der Waals surface area contributed by atoms with Crippen molar-refractivity contribution >= 4 is 18.2 Å². The van der Waals surface area contributed by atoms with Crippen LogP contribution >= 0.6 is 0 Å². The van der Waals surface area contributed by atoms with Gasteiger partial charge in [-0.1, -0.05) is 0 Å². The number of carbonyl (C=O) groups is 2. The summed E-state index contributed by atoms with van der Waals surface area (Å²) in [5.41, 5.74) is -0.562. The highest BCUT2D eigenvalue weighted by Crippen LogP contribution is 2.08. The van der Waals surface area contributed by atoms with E-state index in [4.69, 9.17) is 0 Å². The lowest BCUT2D eigenvalue weighted by Gasteiger charge is -2.23. The molecule has 7 nitrogen and oxygen atoms in total. The third-order valence-electron chi connectivity index (χ3n) is 2.21. The lowest BCUT2D eigenvalue weighted by Crippen LogP contribution is -2.46. The molecule has 0 aliphatic carbocycles. The predicted molar refractivity (Wildman–Crippen MR) is 80.9 cm³/mol. The van der Waals surface area contributed by atoms with E-state index in [1.807, 2.05) is 41.5 Å². The third-order valence-corrected chi connectivity index (χ3v) is 2.21. The quantitative estimate of drug-likeness (QED) is 0.786. The van der Waals surface area contributed by atoms with Gasteiger partial charge in [0.15, 0.2) is 0 Å². The molecule has 2 amide bonds. The minimum Gasteiger partial charge on any atom is -0.350 e. The van der Waals surface area contributed by atoms with Crippen molar-refractivity contribution in [3.63, 3.8) is 0 Å². The first kappa shape index (κ1) is 17.3. The Kier molecular flexibility index (Phi) is 5.20. The number of nitrogens with one attached hydrogen (secondary N) is 2. The van der Waals surface area contributed by atoms with Crippen LogP contribution in [0.5, 0.6) is 0 Å². The summed E-state index contributed by atoms with van der Waals surface area (Å²) < 4.78 is 0. The number of hydrogen-bond donors (Lipinski definition) is 2. The molecule has 118 valence electrons. The van der Waals surface area contributed by atoms with E-state index in [9.17, 15) is 9.59 Å². The average molecular weight is 295 g/mol. The third kappa shape index (κ3) is 7.53. The van der Waals surface area contributed by atoms with Crippen LogP contribution in [0, 0.1) is 6.67 Å². The molecule has 2 radical (unpaired) electrons. The van der Waals surface area contributed by atoms with Crippen molar-refractivity contribution in [1.82, 2.24) is 20.5 Å². The summed E-state index contributed by atoms with van der Waals surface area (Å²) in [6.45, 7) is 14.5. The highest BCUT2D eigenvalue weighted by molar-refractivity contribution is 5.82. The molecule has 0 aromatic rings. The van der Waals surface area contributed by atoms with Crippen molar-refractivity contribution in [1.29, 1.82) is 0 Å². The number of nitrogens with zero attached hydrogens (tertiary/aromatic N) is 3. The molecule has 2 N–H and O–H groups in total. The van der Waals surface area contributed by atoms with Crippen molar-refractivity contribution < 1.29 is 9.59 Å². The van der Waals surface area contributed by atoms with Gasteiger partial charge in [0.2, 0.25) is 18.5 Å². The summed E-state index contributed by atoms with van der Waals surface area (Å²) in [6.07, 6.45) is 1.48. The van der Waals surface area contributed by atoms with E-state index in [1.54, 1.807) is 0 Å². The molecule has 21 heavy (non-hydrogen) atoms. The van der Waals surface area contributed by atoms with Crippen LogP contribution in [0.2, 0.25) is 0 Å². The molecule has 0 spiro atoms. The van der Waals surface area contributed by atoms with Crippen LogP contribution in [0.1, 0.15) is 41.5 Å². The van der Waals surface area contributed by atoms with Crippen molar-refractivity contribution in [2.75, 3.05) is 13.1 Å². The lowest BCUT2D eigenvalue weighted by molar-refractivity contribution is -0.123. The predicted octanol–water partition coefficient (Wildman–Crippen LogP) is 0.373. The van der Waals surface area contributed by atoms with Gasteiger partial charge in [-0.3, -0.25) is 14.6 Å². The molecular weight excluding hydrogens is 270 g/mol. The lowest BCUT2D eigenvalue weighted by atomic mass is 10.1. The zero-order chi connectivity index (χ0) is 16.3. The number of rotatable bonds is 4. The molecular formula is C14H25N5O2. The van der Waals surface area contributed by atoms with Crippen LogP contribution in [0.3, 0.4) is 0 Å². The first-order chi connectivity index (χ1) is 9.44. The molecule has 1 heterocycles. The average Bonchev–Trinajstić information content (AvgIpc) is 2.58. The van der Waals surface area contributed by atoms with Crippen LogP contribution in [-0.2, 0) is 9.59 Å². The molecule has 0 fully saturated rings. The van der Waals surface area contributed by atoms with Gasteiger partial charge in [0.1, 0.15) is 19.4 Å². The van der Waals surface area contributed by atoms with Gasteiger partial charge in [-0.2, -0.15) is 5.10 Å². The van der Waals surface area contributed by atoms with E-state index in [1.165, 1.54) is 16.2 Å². The number of hydrogen-bond acceptors (Lipinski definition) is 5. The van der Waals surface area contributed by atoms with Crippen LogP contribution < -0.4 is 10.6 Å². The highest BCUT2D eigenvalue weighted by Gasteiger charge is 2.23. The van der Waals surface area contributed by atoms with Crippen LogP contribution in [0.4, 0.5) is 0 Å². The fourth-order valence-electron chi connectivity index (χ4n) is 1.68. The number of carbonyl (C=O) groups excluding carboxylic acids is 2. The summed E-state index contributed by atoms with van der Waals surface area (Å²) in [5.74, 6) is -0.268. The molecule has 0 atom stereocenters. The van der Waals surface area contributed by atoms with Crippen LogP contribution in [-0.4, -0.2) is 52.2 Å². The molecule has 0 saturated heterocycles. The first-order valence-electron chi connectivity index (χ1n) is 6.91. The van der Waals surface area contributed by atoms with E-state index in [2.05, 4.69) is 22.4 Å². The maximum Gasteiger partial charge on any atom is 0.241 e. The fraction of sp³-hybridized carbons (Fsp3) is 0.714. The molecule has 7 heteroatoms. The SMILES string of the molecule is CC(C)(C)NC(=O)CN1[C]N(CC(=O)NC(C)(C)C)N=C1. The molecule has 0 unspecified atom stereocenters. The summed E-state index contributed by atoms with van der Waals surface area (Å²) in [6, 6.07) is 0. The van der Waals surface area contributed by atoms with E-state index < -0.39 is 0 Å². The smallest absolute Gasteiger partial charge is 0.241 e. The minimum atomic E-state index is -0.285. The molecule has 1 aliphatic heterocycles. The number of amides is 2. The normalized spacial score (nSPS) is 15.3. The van der Waals surface area contributed by atoms with Crippen molar-refractivity contribution in [2.45, 2.75) is 52.6 Å². The molecule has 1 aliphatic rings. The topological polar surface area (TPSA) is 77.0 Å². The standard InChI is InChI=1S/C14H25N5O2/c1-13(2,3)16-11(20)7-18-9-15-19(10-18)8-12(21)17-14(4,5)6/h9H,7-8H2,1-6H3,(H,16,20)(H,17,21). The Bertz CT molecular complexity index is 382. The van der Waals surface area contributed by atoms with Crippen LogP contribution in [0.25, 0.3) is 0 Å². The Labute approximate surface area is 126 Å². The molecule has 0 aromatic heterocycles. The summed E-state index contributed by atoms with van der Waals surface area (Å²) in [5, 5.41) is 11.1. The van der Waals surface area contributed by atoms with Crippen molar-refractivity contribution in [3.8, 4) is 0 Å². The summed E-state index contributed by atoms with van der Waals surface area (Å²) in [4.78, 5) is 25.1. The van der Waals surface area contributed by atoms with Crippen molar-refractivity contribution in [3.05, 3.63) is 6.67 Å². The van der Waals surface area contributed by atoms with E-state index in [0.717, 1.165) is 0 Å². The zero-order valence-electron chi connectivity index (χ0n) is 13.6. The summed E-state index contributed by atoms with van der Waals surface area (Å²) >= 11 is 0. The minimum absolute atomic E-state index is 0.0746. The summed E-state index contributed by atoms with van der Waals surface area (Å²) in [7, 11) is 0. The molecule has 0 aromatic carbocycles. The second-order valence-corrected chi connectivity index (χ2v) is 7.11. The van der Waals surface area contributed by atoms with Gasteiger partial charge in [-0.25, -0.2) is 0 Å². The Morgan fingerprint density at radius 2 is 1.48 bits per heavy atom. The van der Waals surface area contributed by atoms with Gasteiger partial charge in [0.05, 0.1) is 0 Å². The van der Waals surface area contributed by atoms with Gasteiger partial charge >= 0.3 is 0 Å². The highest BCUT2D eigenvalue weighted by atomic mass is 16.2. The van der Waals surface area contributed by atoms with E-state index in [0.29, 0.717) is 0 Å². The van der Waals surface area contributed by atoms with Gasteiger partial charge in [0, 0.05) is 11.1 Å². The van der Waals surface area contributed by atoms with Gasteiger partial charge in [0.25, 0.3) is 0 Å². The molecule has 1 rings (SSSR count). The molecule has 0 bridgehead atoms. The maximum atomic E-state index is 11.8. The maximum absolute atomic E-state index is 11.8. The monoisotopic (exact) mass is 295 g/mol. The van der Waals surface area contributed by atoms with Gasteiger partial charge < -0.3 is 15.5 Å². The van der Waals surface area contributed by atoms with Crippen molar-refractivity contribution in [2.24, 2.45) is 5.10 Å².